The molecule has 1 N–H and O–H groups in total. The van der Waals surface area contributed by atoms with Crippen molar-refractivity contribution in [3.63, 3.8) is 0 Å². The predicted molar refractivity (Wildman–Crippen MR) is 122 cm³/mol. The van der Waals surface area contributed by atoms with Crippen molar-refractivity contribution in [3.8, 4) is 0 Å². The van der Waals surface area contributed by atoms with Crippen LogP contribution in [0.5, 0.6) is 0 Å². The van der Waals surface area contributed by atoms with E-state index < -0.39 is 12.1 Å². The lowest BCUT2D eigenvalue weighted by Crippen LogP contribution is -2.36. The first-order chi connectivity index (χ1) is 15.0. The van der Waals surface area contributed by atoms with Crippen molar-refractivity contribution in [2.45, 2.75) is 71.3 Å². The molecule has 0 aliphatic heterocycles. The second-order valence-corrected chi connectivity index (χ2v) is 8.97. The number of fused-ring (bicyclic) bond motifs is 2. The van der Waals surface area contributed by atoms with Crippen molar-refractivity contribution in [2.24, 2.45) is 5.92 Å². The average molecular weight is 421 g/mol. The van der Waals surface area contributed by atoms with Gasteiger partial charge in [0.2, 0.25) is 0 Å². The molecule has 2 aliphatic rings. The Morgan fingerprint density at radius 2 is 2.06 bits per heavy atom. The van der Waals surface area contributed by atoms with Gasteiger partial charge < -0.3 is 10.1 Å². The molecule has 0 saturated heterocycles. The first-order valence-corrected chi connectivity index (χ1v) is 11.6. The van der Waals surface area contributed by atoms with Gasteiger partial charge in [0, 0.05) is 17.6 Å². The van der Waals surface area contributed by atoms with Crippen LogP contribution in [-0.2, 0) is 22.4 Å². The van der Waals surface area contributed by atoms with Gasteiger partial charge in [-0.1, -0.05) is 36.8 Å². The maximum atomic E-state index is 13.2. The number of ether oxygens (including phenoxy) is 1. The van der Waals surface area contributed by atoms with Gasteiger partial charge >= 0.3 is 5.97 Å². The molecule has 5 nitrogen and oxygen atoms in total. The molecule has 4 rings (SSSR count). The third-order valence-electron chi connectivity index (χ3n) is 6.49. The summed E-state index contributed by atoms with van der Waals surface area (Å²) in [6, 6.07) is 7.69. The summed E-state index contributed by atoms with van der Waals surface area (Å²) in [5.74, 6) is -0.177. The Bertz CT molecular complexity index is 1010. The van der Waals surface area contributed by atoms with Gasteiger partial charge in [-0.05, 0) is 75.8 Å². The number of para-hydroxylation sites is 1. The Morgan fingerprint density at radius 1 is 1.23 bits per heavy atom. The highest BCUT2D eigenvalue weighted by atomic mass is 16.5. The number of esters is 1. The van der Waals surface area contributed by atoms with E-state index >= 15 is 0 Å². The third kappa shape index (κ3) is 4.97. The van der Waals surface area contributed by atoms with E-state index in [2.05, 4.69) is 18.3 Å². The zero-order valence-corrected chi connectivity index (χ0v) is 18.6. The van der Waals surface area contributed by atoms with Gasteiger partial charge in [-0.2, -0.15) is 0 Å². The van der Waals surface area contributed by atoms with Crippen LogP contribution in [0.25, 0.3) is 10.9 Å². The summed E-state index contributed by atoms with van der Waals surface area (Å²) in [6.45, 7) is 4.42. The number of hydrogen-bond acceptors (Lipinski definition) is 4. The number of nitrogens with zero attached hydrogens (tertiary/aromatic N) is 1. The molecule has 0 fully saturated rings. The van der Waals surface area contributed by atoms with Crippen LogP contribution in [0.2, 0.25) is 0 Å². The zero-order valence-electron chi connectivity index (χ0n) is 18.6. The molecule has 1 heterocycles. The van der Waals surface area contributed by atoms with Gasteiger partial charge in [-0.25, -0.2) is 4.79 Å². The summed E-state index contributed by atoms with van der Waals surface area (Å²) in [7, 11) is 0. The number of hydrogen-bond donors (Lipinski definition) is 1. The molecular formula is C26H32N2O3. The van der Waals surface area contributed by atoms with Crippen molar-refractivity contribution in [1.82, 2.24) is 10.3 Å². The summed E-state index contributed by atoms with van der Waals surface area (Å²) >= 11 is 0. The van der Waals surface area contributed by atoms with Crippen molar-refractivity contribution >= 4 is 22.8 Å². The Balaban J connectivity index is 1.47. The zero-order chi connectivity index (χ0) is 21.8. The fourth-order valence-electron chi connectivity index (χ4n) is 4.69. The van der Waals surface area contributed by atoms with Crippen molar-refractivity contribution in [2.75, 3.05) is 6.54 Å². The molecule has 1 aromatic heterocycles. The fourth-order valence-corrected chi connectivity index (χ4v) is 4.69. The lowest BCUT2D eigenvalue weighted by Gasteiger charge is -2.24. The Morgan fingerprint density at radius 3 is 2.87 bits per heavy atom. The summed E-state index contributed by atoms with van der Waals surface area (Å²) < 4.78 is 5.66. The van der Waals surface area contributed by atoms with Crippen molar-refractivity contribution < 1.29 is 14.3 Å². The Labute approximate surface area is 184 Å². The normalized spacial score (nSPS) is 19.3. The predicted octanol–water partition coefficient (Wildman–Crippen LogP) is 4.91. The summed E-state index contributed by atoms with van der Waals surface area (Å²) in [4.78, 5) is 30.6. The molecule has 2 aromatic rings. The summed E-state index contributed by atoms with van der Waals surface area (Å²) in [5.41, 5.74) is 4.78. The first-order valence-electron chi connectivity index (χ1n) is 11.6. The SMILES string of the molecule is C[C@H]1CCc2nc3ccccc3c(C(=O)O[C@H](C)C(=O)NCCC3=CCCCC3)c2C1. The first kappa shape index (κ1) is 21.5. The molecule has 0 saturated carbocycles. The van der Waals surface area contributed by atoms with E-state index in [1.807, 2.05) is 24.3 Å². The van der Waals surface area contributed by atoms with E-state index in [9.17, 15) is 9.59 Å². The Hall–Kier alpha value is -2.69. The molecule has 0 spiro atoms. The van der Waals surface area contributed by atoms with Gasteiger partial charge in [0.25, 0.3) is 5.91 Å². The average Bonchev–Trinajstić information content (AvgIpc) is 2.78. The van der Waals surface area contributed by atoms with Crippen LogP contribution in [0.1, 0.15) is 74.0 Å². The molecule has 0 radical (unpaired) electrons. The fraction of sp³-hybridized carbons (Fsp3) is 0.500. The topological polar surface area (TPSA) is 68.3 Å². The van der Waals surface area contributed by atoms with E-state index in [0.29, 0.717) is 18.0 Å². The van der Waals surface area contributed by atoms with Gasteiger partial charge in [0.05, 0.1) is 11.1 Å². The summed E-state index contributed by atoms with van der Waals surface area (Å²) in [5, 5.41) is 3.73. The van der Waals surface area contributed by atoms with E-state index in [1.54, 1.807) is 6.92 Å². The highest BCUT2D eigenvalue weighted by Gasteiger charge is 2.28. The van der Waals surface area contributed by atoms with E-state index in [-0.39, 0.29) is 5.91 Å². The molecule has 5 heteroatoms. The molecule has 164 valence electrons. The Kier molecular flexibility index (Phi) is 6.69. The van der Waals surface area contributed by atoms with E-state index in [0.717, 1.165) is 60.7 Å². The second kappa shape index (κ2) is 9.63. The minimum atomic E-state index is -0.837. The van der Waals surface area contributed by atoms with Crippen LogP contribution in [0.3, 0.4) is 0 Å². The number of carbonyl (C=O) groups excluding carboxylic acids is 2. The molecule has 2 atom stereocenters. The maximum Gasteiger partial charge on any atom is 0.339 e. The van der Waals surface area contributed by atoms with Crippen LogP contribution in [0.15, 0.2) is 35.9 Å². The van der Waals surface area contributed by atoms with Crippen LogP contribution in [0.4, 0.5) is 0 Å². The van der Waals surface area contributed by atoms with Gasteiger partial charge in [0.1, 0.15) is 0 Å². The van der Waals surface area contributed by atoms with Crippen LogP contribution in [-0.4, -0.2) is 29.5 Å². The van der Waals surface area contributed by atoms with Gasteiger partial charge in [0.15, 0.2) is 6.10 Å². The molecule has 31 heavy (non-hydrogen) atoms. The quantitative estimate of drug-likeness (QED) is 0.532. The molecule has 1 aromatic carbocycles. The number of carbonyl (C=O) groups is 2. The molecule has 0 unspecified atom stereocenters. The van der Waals surface area contributed by atoms with Gasteiger partial charge in [-0.3, -0.25) is 9.78 Å². The van der Waals surface area contributed by atoms with Crippen molar-refractivity contribution in [3.05, 3.63) is 52.7 Å². The number of nitrogens with one attached hydrogen (secondary N) is 1. The van der Waals surface area contributed by atoms with E-state index in [4.69, 9.17) is 9.72 Å². The second-order valence-electron chi connectivity index (χ2n) is 8.97. The minimum Gasteiger partial charge on any atom is -0.449 e. The molecule has 2 aliphatic carbocycles. The molecular weight excluding hydrogens is 388 g/mol. The third-order valence-corrected chi connectivity index (χ3v) is 6.49. The van der Waals surface area contributed by atoms with Crippen LogP contribution in [0, 0.1) is 5.92 Å². The lowest BCUT2D eigenvalue weighted by molar-refractivity contribution is -0.129. The van der Waals surface area contributed by atoms with Crippen LogP contribution >= 0.6 is 0 Å². The number of rotatable bonds is 6. The van der Waals surface area contributed by atoms with Gasteiger partial charge in [-0.15, -0.1) is 0 Å². The number of aromatic nitrogens is 1. The maximum absolute atomic E-state index is 13.2. The number of allylic oxidation sites excluding steroid dienone is 1. The molecule has 0 bridgehead atoms. The lowest BCUT2D eigenvalue weighted by atomic mass is 9.84. The highest BCUT2D eigenvalue weighted by molar-refractivity contribution is 6.05. The largest absolute Gasteiger partial charge is 0.449 e. The van der Waals surface area contributed by atoms with Crippen molar-refractivity contribution in [1.29, 1.82) is 0 Å². The smallest absolute Gasteiger partial charge is 0.339 e. The van der Waals surface area contributed by atoms with Crippen LogP contribution < -0.4 is 5.32 Å². The standard InChI is InChI=1S/C26H32N2O3/c1-17-12-13-23-21(16-17)24(20-10-6-7-11-22(20)28-23)26(30)31-18(2)25(29)27-15-14-19-8-4-3-5-9-19/h6-8,10-11,17-18H,3-5,9,12-16H2,1-2H3,(H,27,29)/t17-,18+/m0/s1. The minimum absolute atomic E-state index is 0.245. The number of aryl methyl sites for hydroxylation is 1. The molecule has 1 amide bonds. The number of amides is 1. The number of pyridine rings is 1. The number of benzene rings is 1. The van der Waals surface area contributed by atoms with E-state index in [1.165, 1.54) is 18.4 Å². The monoisotopic (exact) mass is 420 g/mol. The highest BCUT2D eigenvalue weighted by Crippen LogP contribution is 2.32. The summed E-state index contributed by atoms with van der Waals surface area (Å²) in [6.07, 6.45) is 9.83.